The number of carbonyl (C=O) groups is 2. The van der Waals surface area contributed by atoms with Crippen LogP contribution < -0.4 is 11.1 Å². The molecule has 0 heterocycles. The molecule has 0 saturated carbocycles. The molecule has 1 rings (SSSR count). The molecule has 86 valence electrons. The average molecular weight is 222 g/mol. The van der Waals surface area contributed by atoms with Crippen molar-refractivity contribution in [2.24, 2.45) is 5.73 Å². The molecule has 5 heteroatoms. The van der Waals surface area contributed by atoms with E-state index in [1.165, 1.54) is 0 Å². The number of nitrogens with one attached hydrogen (secondary N) is 1. The highest BCUT2D eigenvalue weighted by molar-refractivity contribution is 5.93. The van der Waals surface area contributed by atoms with Gasteiger partial charge in [0.1, 0.15) is 0 Å². The third-order valence-electron chi connectivity index (χ3n) is 2.04. The molecular weight excluding hydrogens is 208 g/mol. The largest absolute Gasteiger partial charge is 0.481 e. The summed E-state index contributed by atoms with van der Waals surface area (Å²) in [5, 5.41) is 11.5. The van der Waals surface area contributed by atoms with Gasteiger partial charge in [0, 0.05) is 24.2 Å². The number of anilines is 1. The third kappa shape index (κ3) is 4.00. The molecule has 1 aromatic rings. The normalized spacial score (nSPS) is 9.75. The van der Waals surface area contributed by atoms with Gasteiger partial charge in [0.15, 0.2) is 0 Å². The van der Waals surface area contributed by atoms with Crippen LogP contribution in [0.15, 0.2) is 24.3 Å². The van der Waals surface area contributed by atoms with Gasteiger partial charge in [-0.15, -0.1) is 0 Å². The Morgan fingerprint density at radius 2 is 2.12 bits per heavy atom. The summed E-state index contributed by atoms with van der Waals surface area (Å²) in [5.41, 5.74) is 6.33. The molecule has 0 aliphatic rings. The number of carbonyl (C=O) groups excluding carboxylic acids is 1. The minimum Gasteiger partial charge on any atom is -0.481 e. The molecule has 16 heavy (non-hydrogen) atoms. The van der Waals surface area contributed by atoms with E-state index in [9.17, 15) is 9.59 Å². The standard InChI is InChI=1S/C11H14N2O3/c12-11(16)8-3-1-4-9(7-8)13-6-2-5-10(14)15/h1,3-4,7,13H,2,5-6H2,(H2,12,16)(H,14,15). The highest BCUT2D eigenvalue weighted by Crippen LogP contribution is 2.10. The van der Waals surface area contributed by atoms with Crippen LogP contribution in [0.1, 0.15) is 23.2 Å². The summed E-state index contributed by atoms with van der Waals surface area (Å²) in [7, 11) is 0. The fourth-order valence-electron chi connectivity index (χ4n) is 1.25. The van der Waals surface area contributed by atoms with Gasteiger partial charge in [-0.1, -0.05) is 6.07 Å². The highest BCUT2D eigenvalue weighted by atomic mass is 16.4. The van der Waals surface area contributed by atoms with Crippen molar-refractivity contribution in [3.05, 3.63) is 29.8 Å². The van der Waals surface area contributed by atoms with E-state index in [2.05, 4.69) is 5.32 Å². The van der Waals surface area contributed by atoms with Gasteiger partial charge in [0.2, 0.25) is 5.91 Å². The highest BCUT2D eigenvalue weighted by Gasteiger charge is 2.01. The van der Waals surface area contributed by atoms with Crippen LogP contribution in [0.3, 0.4) is 0 Å². The quantitative estimate of drug-likeness (QED) is 0.627. The van der Waals surface area contributed by atoms with Gasteiger partial charge in [0.05, 0.1) is 0 Å². The lowest BCUT2D eigenvalue weighted by molar-refractivity contribution is -0.137. The average Bonchev–Trinajstić information content (AvgIpc) is 2.24. The van der Waals surface area contributed by atoms with Crippen molar-refractivity contribution >= 4 is 17.6 Å². The first-order chi connectivity index (χ1) is 7.59. The van der Waals surface area contributed by atoms with Crippen molar-refractivity contribution in [2.75, 3.05) is 11.9 Å². The van der Waals surface area contributed by atoms with Crippen LogP contribution in [0.25, 0.3) is 0 Å². The van der Waals surface area contributed by atoms with Gasteiger partial charge < -0.3 is 16.2 Å². The Balaban J connectivity index is 2.45. The van der Waals surface area contributed by atoms with Gasteiger partial charge >= 0.3 is 5.97 Å². The molecule has 0 aliphatic carbocycles. The molecule has 1 aromatic carbocycles. The smallest absolute Gasteiger partial charge is 0.303 e. The first-order valence-electron chi connectivity index (χ1n) is 4.95. The van der Waals surface area contributed by atoms with Gasteiger partial charge in [-0.25, -0.2) is 0 Å². The van der Waals surface area contributed by atoms with Crippen molar-refractivity contribution in [3.63, 3.8) is 0 Å². The van der Waals surface area contributed by atoms with Crippen LogP contribution in [0, 0.1) is 0 Å². The number of rotatable bonds is 6. The van der Waals surface area contributed by atoms with E-state index in [0.29, 0.717) is 18.5 Å². The topological polar surface area (TPSA) is 92.4 Å². The first-order valence-corrected chi connectivity index (χ1v) is 4.95. The minimum absolute atomic E-state index is 0.127. The van der Waals surface area contributed by atoms with Gasteiger partial charge in [-0.05, 0) is 24.6 Å². The van der Waals surface area contributed by atoms with Crippen LogP contribution >= 0.6 is 0 Å². The van der Waals surface area contributed by atoms with Crippen LogP contribution in [0.5, 0.6) is 0 Å². The molecule has 1 amide bonds. The number of carboxylic acids is 1. The number of benzene rings is 1. The number of hydrogen-bond acceptors (Lipinski definition) is 3. The van der Waals surface area contributed by atoms with Crippen LogP contribution in [0.4, 0.5) is 5.69 Å². The maximum Gasteiger partial charge on any atom is 0.303 e. The molecule has 0 radical (unpaired) electrons. The van der Waals surface area contributed by atoms with Crippen molar-refractivity contribution in [2.45, 2.75) is 12.8 Å². The number of amides is 1. The van der Waals surface area contributed by atoms with Crippen molar-refractivity contribution < 1.29 is 14.7 Å². The minimum atomic E-state index is -0.812. The predicted molar refractivity (Wildman–Crippen MR) is 60.3 cm³/mol. The molecular formula is C11H14N2O3. The zero-order valence-corrected chi connectivity index (χ0v) is 8.77. The Kier molecular flexibility index (Phi) is 4.32. The molecule has 0 fully saturated rings. The summed E-state index contributed by atoms with van der Waals surface area (Å²) in [5.74, 6) is -1.29. The molecule has 4 N–H and O–H groups in total. The number of nitrogens with two attached hydrogens (primary N) is 1. The Morgan fingerprint density at radius 1 is 1.38 bits per heavy atom. The van der Waals surface area contributed by atoms with Crippen LogP contribution in [0.2, 0.25) is 0 Å². The Morgan fingerprint density at radius 3 is 2.75 bits per heavy atom. The summed E-state index contributed by atoms with van der Waals surface area (Å²) in [6, 6.07) is 6.79. The van der Waals surface area contributed by atoms with Gasteiger partial charge in [-0.3, -0.25) is 9.59 Å². The second kappa shape index (κ2) is 5.75. The Hall–Kier alpha value is -2.04. The second-order valence-corrected chi connectivity index (χ2v) is 3.37. The number of carboxylic acid groups (broad SMARTS) is 1. The van der Waals surface area contributed by atoms with Crippen molar-refractivity contribution in [3.8, 4) is 0 Å². The summed E-state index contributed by atoms with van der Waals surface area (Å²) >= 11 is 0. The summed E-state index contributed by atoms with van der Waals surface area (Å²) in [6.45, 7) is 0.550. The Labute approximate surface area is 93.3 Å². The lowest BCUT2D eigenvalue weighted by Crippen LogP contribution is -2.11. The lowest BCUT2D eigenvalue weighted by Gasteiger charge is -2.06. The molecule has 0 aliphatic heterocycles. The maximum atomic E-state index is 10.9. The lowest BCUT2D eigenvalue weighted by atomic mass is 10.2. The zero-order valence-electron chi connectivity index (χ0n) is 8.77. The molecule has 0 spiro atoms. The van der Waals surface area contributed by atoms with E-state index in [-0.39, 0.29) is 6.42 Å². The number of aliphatic carboxylic acids is 1. The summed E-state index contributed by atoms with van der Waals surface area (Å²) in [4.78, 5) is 21.2. The molecule has 5 nitrogen and oxygen atoms in total. The summed E-state index contributed by atoms with van der Waals surface area (Å²) in [6.07, 6.45) is 0.665. The van der Waals surface area contributed by atoms with E-state index in [4.69, 9.17) is 10.8 Å². The summed E-state index contributed by atoms with van der Waals surface area (Å²) < 4.78 is 0. The molecule has 0 atom stereocenters. The van der Waals surface area contributed by atoms with Crippen LogP contribution in [-0.4, -0.2) is 23.5 Å². The van der Waals surface area contributed by atoms with E-state index in [1.807, 2.05) is 0 Å². The third-order valence-corrected chi connectivity index (χ3v) is 2.04. The van der Waals surface area contributed by atoms with Crippen molar-refractivity contribution in [1.82, 2.24) is 0 Å². The van der Waals surface area contributed by atoms with E-state index in [1.54, 1.807) is 24.3 Å². The van der Waals surface area contributed by atoms with E-state index in [0.717, 1.165) is 5.69 Å². The van der Waals surface area contributed by atoms with Crippen LogP contribution in [-0.2, 0) is 4.79 Å². The monoisotopic (exact) mass is 222 g/mol. The SMILES string of the molecule is NC(=O)c1cccc(NCCCC(=O)O)c1. The number of hydrogen-bond donors (Lipinski definition) is 3. The maximum absolute atomic E-state index is 10.9. The molecule has 0 bridgehead atoms. The molecule has 0 saturated heterocycles. The van der Waals surface area contributed by atoms with Gasteiger partial charge in [0.25, 0.3) is 0 Å². The van der Waals surface area contributed by atoms with E-state index < -0.39 is 11.9 Å². The predicted octanol–water partition coefficient (Wildman–Crippen LogP) is 1.06. The Bertz CT molecular complexity index is 391. The second-order valence-electron chi connectivity index (χ2n) is 3.37. The number of primary amides is 1. The van der Waals surface area contributed by atoms with Gasteiger partial charge in [-0.2, -0.15) is 0 Å². The molecule has 0 unspecified atom stereocenters. The van der Waals surface area contributed by atoms with E-state index >= 15 is 0 Å². The fraction of sp³-hybridized carbons (Fsp3) is 0.273. The van der Waals surface area contributed by atoms with Crippen molar-refractivity contribution in [1.29, 1.82) is 0 Å². The first kappa shape index (κ1) is 12.0. The zero-order chi connectivity index (χ0) is 12.0. The molecule has 0 aromatic heterocycles. The fourth-order valence-corrected chi connectivity index (χ4v) is 1.25.